The van der Waals surface area contributed by atoms with Crippen LogP contribution in [0.25, 0.3) is 0 Å². The lowest BCUT2D eigenvalue weighted by Gasteiger charge is -1.93. The molecule has 0 amide bonds. The summed E-state index contributed by atoms with van der Waals surface area (Å²) in [5, 5.41) is 0.253. The summed E-state index contributed by atoms with van der Waals surface area (Å²) in [6.07, 6.45) is 1.78. The summed E-state index contributed by atoms with van der Waals surface area (Å²) in [5.41, 5.74) is 0. The van der Waals surface area contributed by atoms with Gasteiger partial charge in [-0.15, -0.1) is 11.8 Å². The first kappa shape index (κ1) is 8.30. The third kappa shape index (κ3) is 3.32. The average molecular weight is 154 g/mol. The first-order chi connectivity index (χ1) is 3.62. The van der Waals surface area contributed by atoms with E-state index < -0.39 is 9.84 Å². The van der Waals surface area contributed by atoms with Crippen LogP contribution in [-0.4, -0.2) is 25.5 Å². The minimum atomic E-state index is -2.71. The van der Waals surface area contributed by atoms with Crippen LogP contribution in [0.5, 0.6) is 0 Å². The molecule has 0 bridgehead atoms. The second kappa shape index (κ2) is 3.35. The van der Waals surface area contributed by atoms with Crippen molar-refractivity contribution >= 4 is 21.6 Å². The Morgan fingerprint density at radius 2 is 2.00 bits per heavy atom. The van der Waals surface area contributed by atoms with Crippen LogP contribution in [0.4, 0.5) is 0 Å². The van der Waals surface area contributed by atoms with Gasteiger partial charge < -0.3 is 0 Å². The summed E-state index contributed by atoms with van der Waals surface area (Å²) in [6, 6.07) is 0. The molecule has 0 aromatic heterocycles. The Bertz CT molecular complexity index is 136. The average Bonchev–Trinajstić information content (AvgIpc) is 1.67. The van der Waals surface area contributed by atoms with E-state index in [2.05, 4.69) is 0 Å². The van der Waals surface area contributed by atoms with Crippen molar-refractivity contribution in [1.82, 2.24) is 0 Å². The number of sulfone groups is 1. The van der Waals surface area contributed by atoms with Gasteiger partial charge in [0.1, 0.15) is 0 Å². The number of thioether (sulfide) groups is 1. The quantitative estimate of drug-likeness (QED) is 0.601. The van der Waals surface area contributed by atoms with Gasteiger partial charge in [-0.1, -0.05) is 6.92 Å². The molecule has 0 atom stereocenters. The van der Waals surface area contributed by atoms with Crippen LogP contribution in [-0.2, 0) is 9.84 Å². The number of hydrogen-bond acceptors (Lipinski definition) is 3. The monoisotopic (exact) mass is 154 g/mol. The molecule has 2 nitrogen and oxygen atoms in total. The minimum Gasteiger partial charge on any atom is -0.228 e. The zero-order valence-corrected chi connectivity index (χ0v) is 6.68. The molecule has 0 aliphatic rings. The Labute approximate surface area is 54.6 Å². The van der Waals surface area contributed by atoms with E-state index in [1.54, 1.807) is 13.2 Å². The highest BCUT2D eigenvalue weighted by Gasteiger charge is 2.03. The van der Waals surface area contributed by atoms with Gasteiger partial charge in [-0.25, -0.2) is 8.42 Å². The van der Waals surface area contributed by atoms with Gasteiger partial charge in [-0.05, 0) is 6.26 Å². The lowest BCUT2D eigenvalue weighted by molar-refractivity contribution is 0.602. The lowest BCUT2D eigenvalue weighted by atomic mass is 11.0. The van der Waals surface area contributed by atoms with Crippen molar-refractivity contribution in [2.45, 2.75) is 6.92 Å². The zero-order valence-electron chi connectivity index (χ0n) is 5.05. The summed E-state index contributed by atoms with van der Waals surface area (Å²) >= 11 is 1.35. The smallest absolute Gasteiger partial charge is 0.159 e. The lowest BCUT2D eigenvalue weighted by Crippen LogP contribution is -2.04. The van der Waals surface area contributed by atoms with Crippen molar-refractivity contribution in [3.8, 4) is 0 Å². The third-order valence-corrected chi connectivity index (χ3v) is 4.00. The fourth-order valence-electron chi connectivity index (χ4n) is 0.263. The van der Waals surface area contributed by atoms with Crippen LogP contribution in [0.3, 0.4) is 0 Å². The summed E-state index contributed by atoms with van der Waals surface area (Å²) in [4.78, 5) is 0. The fraction of sp³-hybridized carbons (Fsp3) is 1.00. The molecule has 50 valence electrons. The van der Waals surface area contributed by atoms with Gasteiger partial charge in [0.2, 0.25) is 0 Å². The van der Waals surface area contributed by atoms with Crippen molar-refractivity contribution in [3.05, 3.63) is 0 Å². The van der Waals surface area contributed by atoms with Gasteiger partial charge in [0, 0.05) is 5.75 Å². The molecule has 0 unspecified atom stereocenters. The summed E-state index contributed by atoms with van der Waals surface area (Å²) in [7, 11) is -2.71. The highest BCUT2D eigenvalue weighted by molar-refractivity contribution is 8.12. The van der Waals surface area contributed by atoms with Crippen molar-refractivity contribution < 1.29 is 8.42 Å². The Morgan fingerprint density at radius 3 is 2.12 bits per heavy atom. The highest BCUT2D eigenvalue weighted by Crippen LogP contribution is 1.99. The molecule has 0 radical (unpaired) electrons. The third-order valence-electron chi connectivity index (χ3n) is 0.737. The maximum Gasteiger partial charge on any atom is 0.159 e. The van der Waals surface area contributed by atoms with Crippen LogP contribution in [0.1, 0.15) is 6.92 Å². The molecule has 0 heterocycles. The number of rotatable bonds is 3. The molecule has 0 aromatic carbocycles. The molecule has 0 aliphatic carbocycles. The largest absolute Gasteiger partial charge is 0.228 e. The molecule has 0 fully saturated rings. The Kier molecular flexibility index (Phi) is 3.48. The zero-order chi connectivity index (χ0) is 6.62. The van der Waals surface area contributed by atoms with Crippen molar-refractivity contribution in [3.63, 3.8) is 0 Å². The van der Waals surface area contributed by atoms with E-state index in [9.17, 15) is 8.42 Å². The topological polar surface area (TPSA) is 34.1 Å². The Hall–Kier alpha value is 0.300. The van der Waals surface area contributed by atoms with Crippen LogP contribution in [0.2, 0.25) is 0 Å². The van der Waals surface area contributed by atoms with E-state index >= 15 is 0 Å². The van der Waals surface area contributed by atoms with E-state index in [1.165, 1.54) is 11.8 Å². The minimum absolute atomic E-state index is 0.253. The molecule has 0 rings (SSSR count). The molecule has 0 saturated heterocycles. The van der Waals surface area contributed by atoms with Gasteiger partial charge in [0.25, 0.3) is 0 Å². The van der Waals surface area contributed by atoms with Crippen LogP contribution in [0.15, 0.2) is 0 Å². The molecule has 0 spiro atoms. The van der Waals surface area contributed by atoms with Gasteiger partial charge in [0.05, 0.1) is 5.08 Å². The molecule has 0 N–H and O–H groups in total. The predicted octanol–water partition coefficient (Wildman–Crippen LogP) is 0.742. The van der Waals surface area contributed by atoms with Crippen molar-refractivity contribution in [1.29, 1.82) is 0 Å². The van der Waals surface area contributed by atoms with E-state index in [0.29, 0.717) is 0 Å². The molecule has 0 saturated carbocycles. The maximum absolute atomic E-state index is 10.6. The van der Waals surface area contributed by atoms with E-state index in [0.717, 1.165) is 0 Å². The summed E-state index contributed by atoms with van der Waals surface area (Å²) in [5.74, 6) is 0.258. The second-order valence-corrected chi connectivity index (χ2v) is 5.02. The fourth-order valence-corrected chi connectivity index (χ4v) is 2.37. The maximum atomic E-state index is 10.6. The van der Waals surface area contributed by atoms with E-state index in [4.69, 9.17) is 0 Å². The molecule has 0 aromatic rings. The first-order valence-electron chi connectivity index (χ1n) is 2.31. The van der Waals surface area contributed by atoms with Gasteiger partial charge in [-0.2, -0.15) is 0 Å². The summed E-state index contributed by atoms with van der Waals surface area (Å²) in [6.45, 7) is 1.66. The van der Waals surface area contributed by atoms with Crippen molar-refractivity contribution in [2.24, 2.45) is 0 Å². The number of hydrogen-bond donors (Lipinski definition) is 0. The normalized spacial score (nSPS) is 11.8. The Morgan fingerprint density at radius 1 is 1.50 bits per heavy atom. The Balaban J connectivity index is 3.76. The molecule has 0 aliphatic heterocycles. The molecule has 8 heavy (non-hydrogen) atoms. The van der Waals surface area contributed by atoms with Crippen molar-refractivity contribution in [2.75, 3.05) is 17.1 Å². The summed E-state index contributed by atoms with van der Waals surface area (Å²) < 4.78 is 21.2. The van der Waals surface area contributed by atoms with Gasteiger partial charge in [0.15, 0.2) is 9.84 Å². The second-order valence-electron chi connectivity index (χ2n) is 1.44. The molecular weight excluding hydrogens is 144 g/mol. The molecular formula is C4H10O2S2. The van der Waals surface area contributed by atoms with Crippen LogP contribution >= 0.6 is 11.8 Å². The van der Waals surface area contributed by atoms with Gasteiger partial charge in [-0.3, -0.25) is 0 Å². The standard InChI is InChI=1S/C4H10O2S2/c1-3-8(5,6)4-7-2/h3-4H2,1-2H3. The van der Waals surface area contributed by atoms with Gasteiger partial charge >= 0.3 is 0 Å². The van der Waals surface area contributed by atoms with Crippen LogP contribution in [0, 0.1) is 0 Å². The molecule has 4 heteroatoms. The SMILES string of the molecule is CCS(=O)(=O)CSC. The predicted molar refractivity (Wildman–Crippen MR) is 37.8 cm³/mol. The van der Waals surface area contributed by atoms with Crippen LogP contribution < -0.4 is 0 Å². The van der Waals surface area contributed by atoms with E-state index in [-0.39, 0.29) is 10.8 Å². The first-order valence-corrected chi connectivity index (χ1v) is 5.53. The van der Waals surface area contributed by atoms with E-state index in [1.807, 2.05) is 0 Å². The highest BCUT2D eigenvalue weighted by atomic mass is 32.3.